The van der Waals surface area contributed by atoms with Gasteiger partial charge in [-0.2, -0.15) is 0 Å². The number of piperidine rings is 1. The smallest absolute Gasteiger partial charge is 0.230 e. The maximum atomic E-state index is 13.8. The summed E-state index contributed by atoms with van der Waals surface area (Å²) in [4.78, 5) is 18.4. The Balaban J connectivity index is 1.54. The summed E-state index contributed by atoms with van der Waals surface area (Å²) >= 11 is 0. The second kappa shape index (κ2) is 10.2. The number of benzene rings is 2. The van der Waals surface area contributed by atoms with Crippen LogP contribution in [0.1, 0.15) is 36.3 Å². The van der Waals surface area contributed by atoms with Crippen LogP contribution in [-0.2, 0) is 16.0 Å². The number of hydrogen-bond acceptors (Lipinski definition) is 3. The maximum absolute atomic E-state index is 13.8. The van der Waals surface area contributed by atoms with Gasteiger partial charge >= 0.3 is 0 Å². The van der Waals surface area contributed by atoms with Crippen LogP contribution >= 0.6 is 0 Å². The van der Waals surface area contributed by atoms with Crippen molar-refractivity contribution in [2.45, 2.75) is 37.6 Å². The van der Waals surface area contributed by atoms with Gasteiger partial charge in [0, 0.05) is 32.2 Å². The quantitative estimate of drug-likeness (QED) is 0.725. The summed E-state index contributed by atoms with van der Waals surface area (Å²) in [6.45, 7) is 5.18. The number of ether oxygens (including phenoxy) is 1. The van der Waals surface area contributed by atoms with Gasteiger partial charge in [0.1, 0.15) is 5.82 Å². The minimum absolute atomic E-state index is 0.198. The van der Waals surface area contributed by atoms with E-state index in [4.69, 9.17) is 4.74 Å². The van der Waals surface area contributed by atoms with Gasteiger partial charge in [0.2, 0.25) is 5.91 Å². The van der Waals surface area contributed by atoms with Crippen molar-refractivity contribution in [3.05, 3.63) is 71.5 Å². The van der Waals surface area contributed by atoms with Crippen molar-refractivity contribution in [2.75, 3.05) is 39.4 Å². The predicted octanol–water partition coefficient (Wildman–Crippen LogP) is 3.87. The van der Waals surface area contributed by atoms with Gasteiger partial charge < -0.3 is 9.64 Å². The maximum Gasteiger partial charge on any atom is 0.230 e. The fraction of sp³-hybridized carbons (Fsp3) is 0.480. The third-order valence-electron chi connectivity index (χ3n) is 6.34. The highest BCUT2D eigenvalue weighted by Gasteiger charge is 2.33. The Kier molecular flexibility index (Phi) is 7.13. The van der Waals surface area contributed by atoms with E-state index in [0.29, 0.717) is 6.42 Å². The molecule has 4 rings (SSSR count). The normalized spacial score (nSPS) is 21.4. The van der Waals surface area contributed by atoms with Gasteiger partial charge in [0.15, 0.2) is 0 Å². The number of rotatable bonds is 6. The number of hydrogen-bond donors (Lipinski definition) is 0. The minimum atomic E-state index is -0.248. The molecule has 0 saturated carbocycles. The molecule has 0 aliphatic carbocycles. The summed E-state index contributed by atoms with van der Waals surface area (Å²) in [6.07, 6.45) is 3.88. The van der Waals surface area contributed by atoms with E-state index in [-0.39, 0.29) is 23.7 Å². The van der Waals surface area contributed by atoms with Crippen LogP contribution in [0.15, 0.2) is 54.6 Å². The van der Waals surface area contributed by atoms with Gasteiger partial charge in [-0.25, -0.2) is 4.39 Å². The van der Waals surface area contributed by atoms with E-state index in [2.05, 4.69) is 9.80 Å². The fourth-order valence-electron chi connectivity index (χ4n) is 4.65. The average molecular weight is 411 g/mol. The molecule has 160 valence electrons. The summed E-state index contributed by atoms with van der Waals surface area (Å²) < 4.78 is 18.9. The monoisotopic (exact) mass is 410 g/mol. The number of halogens is 1. The van der Waals surface area contributed by atoms with Crippen molar-refractivity contribution >= 4 is 5.91 Å². The van der Waals surface area contributed by atoms with E-state index in [0.717, 1.165) is 63.4 Å². The topological polar surface area (TPSA) is 32.8 Å². The summed E-state index contributed by atoms with van der Waals surface area (Å²) in [7, 11) is 0. The molecule has 2 aromatic carbocycles. The fourth-order valence-corrected chi connectivity index (χ4v) is 4.65. The molecule has 30 heavy (non-hydrogen) atoms. The van der Waals surface area contributed by atoms with Crippen LogP contribution in [0.25, 0.3) is 0 Å². The lowest BCUT2D eigenvalue weighted by Crippen LogP contribution is -2.52. The molecular weight excluding hydrogens is 379 g/mol. The molecule has 2 fully saturated rings. The molecule has 2 saturated heterocycles. The molecule has 2 unspecified atom stereocenters. The molecule has 0 N–H and O–H groups in total. The first kappa shape index (κ1) is 21.0. The number of carbonyl (C=O) groups excluding carboxylic acids is 1. The van der Waals surface area contributed by atoms with Crippen molar-refractivity contribution in [1.82, 2.24) is 9.80 Å². The molecule has 0 radical (unpaired) electrons. The SMILES string of the molecule is O=C(C(Cc1ccc(F)cc1)c1ccccc1)N1CCCCC1CN1CCOCC1. The molecule has 4 nitrogen and oxygen atoms in total. The molecule has 2 atom stereocenters. The van der Waals surface area contributed by atoms with E-state index in [9.17, 15) is 9.18 Å². The van der Waals surface area contributed by atoms with Crippen molar-refractivity contribution < 1.29 is 13.9 Å². The van der Waals surface area contributed by atoms with Gasteiger partial charge in [0.05, 0.1) is 19.1 Å². The summed E-state index contributed by atoms with van der Waals surface area (Å²) in [5.74, 6) is -0.298. The van der Waals surface area contributed by atoms with Crippen molar-refractivity contribution in [2.24, 2.45) is 0 Å². The van der Waals surface area contributed by atoms with Crippen LogP contribution in [-0.4, -0.2) is 61.1 Å². The number of nitrogens with zero attached hydrogens (tertiary/aromatic N) is 2. The van der Waals surface area contributed by atoms with Crippen molar-refractivity contribution in [3.8, 4) is 0 Å². The van der Waals surface area contributed by atoms with Crippen molar-refractivity contribution in [3.63, 3.8) is 0 Å². The Morgan fingerprint density at radius 1 is 1.00 bits per heavy atom. The summed E-state index contributed by atoms with van der Waals surface area (Å²) in [5.41, 5.74) is 2.02. The molecule has 0 spiro atoms. The number of likely N-dealkylation sites (tertiary alicyclic amines) is 1. The highest BCUT2D eigenvalue weighted by atomic mass is 19.1. The van der Waals surface area contributed by atoms with Crippen LogP contribution < -0.4 is 0 Å². The molecule has 0 bridgehead atoms. The second-order valence-electron chi connectivity index (χ2n) is 8.39. The molecule has 2 heterocycles. The Labute approximate surface area is 178 Å². The largest absolute Gasteiger partial charge is 0.379 e. The van der Waals surface area contributed by atoms with Crippen LogP contribution in [0.5, 0.6) is 0 Å². The lowest BCUT2D eigenvalue weighted by molar-refractivity contribution is -0.137. The number of morpholine rings is 1. The van der Waals surface area contributed by atoms with Gasteiger partial charge in [-0.1, -0.05) is 42.5 Å². The first-order chi connectivity index (χ1) is 14.7. The standard InChI is InChI=1S/C25H31FN2O2/c26-22-11-9-20(10-12-22)18-24(21-6-2-1-3-7-21)25(29)28-13-5-4-8-23(28)19-27-14-16-30-17-15-27/h1-3,6-7,9-12,23-24H,4-5,8,13-19H2. The zero-order chi connectivity index (χ0) is 20.8. The van der Waals surface area contributed by atoms with E-state index in [1.165, 1.54) is 18.6 Å². The third-order valence-corrected chi connectivity index (χ3v) is 6.34. The second-order valence-corrected chi connectivity index (χ2v) is 8.39. The molecule has 2 aliphatic heterocycles. The lowest BCUT2D eigenvalue weighted by atomic mass is 9.89. The third kappa shape index (κ3) is 5.27. The summed E-state index contributed by atoms with van der Waals surface area (Å²) in [5, 5.41) is 0. The Bertz CT molecular complexity index is 806. The molecule has 5 heteroatoms. The average Bonchev–Trinajstić information content (AvgIpc) is 2.80. The van der Waals surface area contributed by atoms with E-state index < -0.39 is 0 Å². The van der Waals surface area contributed by atoms with Crippen molar-refractivity contribution in [1.29, 1.82) is 0 Å². The number of amides is 1. The predicted molar refractivity (Wildman–Crippen MR) is 116 cm³/mol. The zero-order valence-electron chi connectivity index (χ0n) is 17.5. The van der Waals surface area contributed by atoms with Gasteiger partial charge in [-0.05, 0) is 48.9 Å². The molecule has 0 aromatic heterocycles. The van der Waals surface area contributed by atoms with Gasteiger partial charge in [-0.15, -0.1) is 0 Å². The first-order valence-electron chi connectivity index (χ1n) is 11.1. The number of carbonyl (C=O) groups is 1. The van der Waals surface area contributed by atoms with Crippen LogP contribution in [0.3, 0.4) is 0 Å². The van der Waals surface area contributed by atoms with Crippen LogP contribution in [0, 0.1) is 5.82 Å². The summed E-state index contributed by atoms with van der Waals surface area (Å²) in [6, 6.07) is 16.8. The van der Waals surface area contributed by atoms with Gasteiger partial charge in [0.25, 0.3) is 0 Å². The lowest BCUT2D eigenvalue weighted by Gasteiger charge is -2.41. The van der Waals surface area contributed by atoms with E-state index in [1.807, 2.05) is 30.3 Å². The zero-order valence-corrected chi connectivity index (χ0v) is 17.5. The molecule has 2 aliphatic rings. The highest BCUT2D eigenvalue weighted by molar-refractivity contribution is 5.84. The Morgan fingerprint density at radius 2 is 1.73 bits per heavy atom. The minimum Gasteiger partial charge on any atom is -0.379 e. The van der Waals surface area contributed by atoms with Gasteiger partial charge in [-0.3, -0.25) is 9.69 Å². The first-order valence-corrected chi connectivity index (χ1v) is 11.1. The van der Waals surface area contributed by atoms with Crippen LogP contribution in [0.4, 0.5) is 4.39 Å². The molecule has 1 amide bonds. The van der Waals surface area contributed by atoms with E-state index in [1.54, 1.807) is 12.1 Å². The highest BCUT2D eigenvalue weighted by Crippen LogP contribution is 2.28. The van der Waals surface area contributed by atoms with E-state index >= 15 is 0 Å². The Morgan fingerprint density at radius 3 is 2.47 bits per heavy atom. The molecular formula is C25H31FN2O2. The Hall–Kier alpha value is -2.24. The molecule has 2 aromatic rings. The van der Waals surface area contributed by atoms with Crippen LogP contribution in [0.2, 0.25) is 0 Å².